The van der Waals surface area contributed by atoms with Crippen molar-refractivity contribution in [3.05, 3.63) is 51.6 Å². The molecule has 2 N–H and O–H groups in total. The first-order valence-corrected chi connectivity index (χ1v) is 8.50. The monoisotopic (exact) mass is 364 g/mol. The Hall–Kier alpha value is -1.96. The van der Waals surface area contributed by atoms with Crippen LogP contribution in [0.1, 0.15) is 13.0 Å². The molecule has 3 aromatic rings. The average molecular weight is 365 g/mol. The molecular weight excluding hydrogens is 352 g/mol. The van der Waals surface area contributed by atoms with E-state index in [9.17, 15) is 4.79 Å². The van der Waals surface area contributed by atoms with Gasteiger partial charge in [0.15, 0.2) is 10.6 Å². The number of hydrogen-bond acceptors (Lipinski definition) is 4. The lowest BCUT2D eigenvalue weighted by atomic mass is 10.2. The zero-order valence-electron chi connectivity index (χ0n) is 12.1. The van der Waals surface area contributed by atoms with Crippen LogP contribution >= 0.6 is 35.2 Å². The highest BCUT2D eigenvalue weighted by Gasteiger charge is 2.21. The van der Waals surface area contributed by atoms with Gasteiger partial charge in [-0.15, -0.1) is 11.3 Å². The molecule has 0 fully saturated rings. The number of aromatic amines is 1. The van der Waals surface area contributed by atoms with Gasteiger partial charge >= 0.3 is 0 Å². The van der Waals surface area contributed by atoms with Gasteiger partial charge in [-0.1, -0.05) is 29.8 Å². The van der Waals surface area contributed by atoms with Gasteiger partial charge in [-0.25, -0.2) is 0 Å². The van der Waals surface area contributed by atoms with Crippen molar-refractivity contribution in [1.82, 2.24) is 14.8 Å². The highest BCUT2D eigenvalue weighted by atomic mass is 35.5. The van der Waals surface area contributed by atoms with Crippen LogP contribution in [0.3, 0.4) is 0 Å². The van der Waals surface area contributed by atoms with Crippen LogP contribution in [-0.4, -0.2) is 20.7 Å². The Morgan fingerprint density at radius 3 is 2.87 bits per heavy atom. The van der Waals surface area contributed by atoms with Crippen molar-refractivity contribution in [2.45, 2.75) is 13.0 Å². The zero-order chi connectivity index (χ0) is 16.4. The summed E-state index contributed by atoms with van der Waals surface area (Å²) in [6.45, 7) is 1.77. The van der Waals surface area contributed by atoms with Gasteiger partial charge in [-0.3, -0.25) is 14.5 Å². The van der Waals surface area contributed by atoms with Gasteiger partial charge in [-0.05, 0) is 42.7 Å². The molecule has 1 atom stereocenters. The molecule has 0 aliphatic rings. The smallest absolute Gasteiger partial charge is 0.247 e. The number of H-pyrrole nitrogens is 1. The third kappa shape index (κ3) is 3.21. The van der Waals surface area contributed by atoms with Crippen LogP contribution < -0.4 is 5.32 Å². The Kier molecular flexibility index (Phi) is 4.61. The highest BCUT2D eigenvalue weighted by Crippen LogP contribution is 2.27. The van der Waals surface area contributed by atoms with Crippen LogP contribution in [0.15, 0.2) is 41.8 Å². The van der Waals surface area contributed by atoms with Crippen molar-refractivity contribution in [1.29, 1.82) is 0 Å². The van der Waals surface area contributed by atoms with Gasteiger partial charge in [0.05, 0.1) is 15.6 Å². The summed E-state index contributed by atoms with van der Waals surface area (Å²) in [5.74, 6) is 0.431. The minimum Gasteiger partial charge on any atom is -0.323 e. The minimum atomic E-state index is -0.533. The number of para-hydroxylation sites is 1. The second kappa shape index (κ2) is 6.66. The Balaban J connectivity index is 1.90. The molecule has 0 aliphatic carbocycles. The molecule has 1 unspecified atom stereocenters. The molecular formula is C15H13ClN4OS2. The second-order valence-corrected chi connectivity index (χ2v) is 6.59. The van der Waals surface area contributed by atoms with Gasteiger partial charge in [0.2, 0.25) is 5.91 Å². The van der Waals surface area contributed by atoms with E-state index in [4.69, 9.17) is 23.8 Å². The number of anilines is 1. The van der Waals surface area contributed by atoms with E-state index in [1.54, 1.807) is 23.6 Å². The first-order chi connectivity index (χ1) is 11.1. The molecule has 0 radical (unpaired) electrons. The number of thiophene rings is 1. The van der Waals surface area contributed by atoms with E-state index in [-0.39, 0.29) is 5.91 Å². The van der Waals surface area contributed by atoms with Crippen LogP contribution in [0, 0.1) is 4.77 Å². The fourth-order valence-corrected chi connectivity index (χ4v) is 3.34. The van der Waals surface area contributed by atoms with E-state index >= 15 is 0 Å². The van der Waals surface area contributed by atoms with Crippen LogP contribution in [0.5, 0.6) is 0 Å². The van der Waals surface area contributed by atoms with Crippen molar-refractivity contribution < 1.29 is 4.79 Å². The van der Waals surface area contributed by atoms with Crippen molar-refractivity contribution in [3.8, 4) is 10.7 Å². The number of aromatic nitrogens is 3. The predicted molar refractivity (Wildman–Crippen MR) is 95.5 cm³/mol. The van der Waals surface area contributed by atoms with Crippen molar-refractivity contribution in [2.75, 3.05) is 5.32 Å². The quantitative estimate of drug-likeness (QED) is 0.669. The molecule has 2 heterocycles. The van der Waals surface area contributed by atoms with Crippen LogP contribution in [-0.2, 0) is 4.79 Å². The molecule has 0 saturated heterocycles. The van der Waals surface area contributed by atoms with Crippen LogP contribution in [0.4, 0.5) is 5.69 Å². The van der Waals surface area contributed by atoms with Crippen molar-refractivity contribution >= 4 is 46.8 Å². The van der Waals surface area contributed by atoms with Crippen LogP contribution in [0.25, 0.3) is 10.7 Å². The minimum absolute atomic E-state index is 0.214. The first kappa shape index (κ1) is 15.9. The molecule has 3 rings (SSSR count). The van der Waals surface area contributed by atoms with E-state index in [1.807, 2.05) is 29.6 Å². The third-order valence-corrected chi connectivity index (χ3v) is 4.83. The molecule has 0 spiro atoms. The molecule has 118 valence electrons. The van der Waals surface area contributed by atoms with E-state index < -0.39 is 6.04 Å². The molecule has 1 amide bonds. The second-order valence-electron chi connectivity index (χ2n) is 4.84. The van der Waals surface area contributed by atoms with Gasteiger partial charge < -0.3 is 5.32 Å². The number of amides is 1. The summed E-state index contributed by atoms with van der Waals surface area (Å²) in [4.78, 5) is 13.5. The predicted octanol–water partition coefficient (Wildman–Crippen LogP) is 4.52. The first-order valence-electron chi connectivity index (χ1n) is 6.84. The summed E-state index contributed by atoms with van der Waals surface area (Å²) in [7, 11) is 0. The topological polar surface area (TPSA) is 62.7 Å². The molecule has 23 heavy (non-hydrogen) atoms. The highest BCUT2D eigenvalue weighted by molar-refractivity contribution is 7.71. The molecule has 8 heteroatoms. The van der Waals surface area contributed by atoms with Crippen molar-refractivity contribution in [2.24, 2.45) is 0 Å². The summed E-state index contributed by atoms with van der Waals surface area (Å²) in [6, 6.07) is 10.4. The standard InChI is InChI=1S/C15H13ClN4OS2/c1-9(14(21)17-11-6-3-2-5-10(11)16)20-13(18-19-15(20)22)12-7-4-8-23-12/h2-9H,1H3,(H,17,21)(H,19,22). The number of benzene rings is 1. The summed E-state index contributed by atoms with van der Waals surface area (Å²) in [5.41, 5.74) is 0.568. The van der Waals surface area contributed by atoms with Gasteiger partial charge in [0, 0.05) is 0 Å². The Morgan fingerprint density at radius 2 is 2.17 bits per heavy atom. The van der Waals surface area contributed by atoms with Crippen LogP contribution in [0.2, 0.25) is 5.02 Å². The Morgan fingerprint density at radius 1 is 1.39 bits per heavy atom. The van der Waals surface area contributed by atoms with Gasteiger partial charge in [0.25, 0.3) is 0 Å². The average Bonchev–Trinajstić information content (AvgIpc) is 3.18. The lowest BCUT2D eigenvalue weighted by Crippen LogP contribution is -2.24. The fourth-order valence-electron chi connectivity index (χ4n) is 2.16. The lowest BCUT2D eigenvalue weighted by Gasteiger charge is -2.15. The number of hydrogen-bond donors (Lipinski definition) is 2. The Labute approximate surface area is 146 Å². The zero-order valence-corrected chi connectivity index (χ0v) is 14.5. The van der Waals surface area contributed by atoms with E-state index in [0.29, 0.717) is 21.3 Å². The number of carbonyl (C=O) groups excluding carboxylic acids is 1. The number of nitrogens with one attached hydrogen (secondary N) is 2. The van der Waals surface area contributed by atoms with Crippen molar-refractivity contribution in [3.63, 3.8) is 0 Å². The summed E-state index contributed by atoms with van der Waals surface area (Å²) >= 11 is 12.9. The molecule has 0 aliphatic heterocycles. The molecule has 1 aromatic carbocycles. The normalized spacial score (nSPS) is 12.1. The van der Waals surface area contributed by atoms with Gasteiger partial charge in [-0.2, -0.15) is 5.10 Å². The Bertz CT molecular complexity index is 885. The maximum atomic E-state index is 12.6. The largest absolute Gasteiger partial charge is 0.323 e. The SMILES string of the molecule is CC(C(=O)Nc1ccccc1Cl)n1c(-c2cccs2)n[nH]c1=S. The van der Waals surface area contributed by atoms with E-state index in [2.05, 4.69) is 15.5 Å². The molecule has 2 aromatic heterocycles. The molecule has 0 bridgehead atoms. The summed E-state index contributed by atoms with van der Waals surface area (Å²) < 4.78 is 2.10. The molecule has 0 saturated carbocycles. The summed E-state index contributed by atoms with van der Waals surface area (Å²) in [6.07, 6.45) is 0. The number of carbonyl (C=O) groups is 1. The number of nitrogens with zero attached hydrogens (tertiary/aromatic N) is 2. The maximum absolute atomic E-state index is 12.6. The molecule has 5 nitrogen and oxygen atoms in total. The van der Waals surface area contributed by atoms with Gasteiger partial charge in [0.1, 0.15) is 6.04 Å². The summed E-state index contributed by atoms with van der Waals surface area (Å²) in [5, 5.41) is 12.2. The maximum Gasteiger partial charge on any atom is 0.247 e. The fraction of sp³-hybridized carbons (Fsp3) is 0.133. The number of rotatable bonds is 4. The van der Waals surface area contributed by atoms with E-state index in [0.717, 1.165) is 4.88 Å². The number of halogens is 1. The third-order valence-electron chi connectivity index (χ3n) is 3.34. The van der Waals surface area contributed by atoms with E-state index in [1.165, 1.54) is 11.3 Å². The lowest BCUT2D eigenvalue weighted by molar-refractivity contribution is -0.118.